The van der Waals surface area contributed by atoms with E-state index in [0.717, 1.165) is 55.8 Å². The molecule has 10 heteroatoms. The topological polar surface area (TPSA) is 113 Å². The van der Waals surface area contributed by atoms with Crippen LogP contribution in [0.1, 0.15) is 64.3 Å². The summed E-state index contributed by atoms with van der Waals surface area (Å²) >= 11 is 1.38. The third-order valence-corrected chi connectivity index (χ3v) is 9.68. The van der Waals surface area contributed by atoms with Crippen molar-refractivity contribution in [2.45, 2.75) is 57.0 Å². The lowest BCUT2D eigenvalue weighted by atomic mass is 10.0. The normalized spacial score (nSPS) is 19.8. The summed E-state index contributed by atoms with van der Waals surface area (Å²) in [5.41, 5.74) is 7.27. The number of hydrogen-bond donors (Lipinski definition) is 2. The zero-order valence-electron chi connectivity index (χ0n) is 19.0. The second kappa shape index (κ2) is 9.54. The van der Waals surface area contributed by atoms with E-state index < -0.39 is 21.8 Å². The van der Waals surface area contributed by atoms with E-state index in [4.69, 9.17) is 5.73 Å². The van der Waals surface area contributed by atoms with Crippen molar-refractivity contribution in [3.8, 4) is 0 Å². The predicted molar refractivity (Wildman–Crippen MR) is 129 cm³/mol. The van der Waals surface area contributed by atoms with Gasteiger partial charge in [0.2, 0.25) is 10.0 Å². The number of benzene rings is 1. The van der Waals surface area contributed by atoms with Gasteiger partial charge in [-0.3, -0.25) is 14.5 Å². The summed E-state index contributed by atoms with van der Waals surface area (Å²) in [6.45, 7) is 7.02. The number of rotatable bonds is 6. The van der Waals surface area contributed by atoms with Gasteiger partial charge in [-0.05, 0) is 62.6 Å². The zero-order chi connectivity index (χ0) is 23.8. The molecule has 1 aromatic heterocycles. The Bertz CT molecular complexity index is 1160. The van der Waals surface area contributed by atoms with Crippen LogP contribution in [0.25, 0.3) is 0 Å². The molecule has 3 heterocycles. The van der Waals surface area contributed by atoms with E-state index >= 15 is 0 Å². The quantitative estimate of drug-likeness (QED) is 0.646. The van der Waals surface area contributed by atoms with E-state index in [9.17, 15) is 18.0 Å². The second-order valence-electron chi connectivity index (χ2n) is 8.63. The van der Waals surface area contributed by atoms with E-state index in [0.29, 0.717) is 22.7 Å². The molecular formula is C23H30N4O4S2. The van der Waals surface area contributed by atoms with Crippen molar-refractivity contribution >= 4 is 38.2 Å². The summed E-state index contributed by atoms with van der Waals surface area (Å²) in [6, 6.07) is 5.92. The van der Waals surface area contributed by atoms with Gasteiger partial charge in [0.25, 0.3) is 11.8 Å². The number of carbonyl (C=O) groups is 2. The molecule has 2 aromatic rings. The first-order valence-corrected chi connectivity index (χ1v) is 13.6. The highest BCUT2D eigenvalue weighted by atomic mass is 32.2. The van der Waals surface area contributed by atoms with Crippen LogP contribution < -0.4 is 11.1 Å². The van der Waals surface area contributed by atoms with Gasteiger partial charge in [0, 0.05) is 36.1 Å². The highest BCUT2D eigenvalue weighted by Crippen LogP contribution is 2.37. The fourth-order valence-electron chi connectivity index (χ4n) is 4.59. The van der Waals surface area contributed by atoms with Gasteiger partial charge in [-0.15, -0.1) is 11.3 Å². The number of sulfonamides is 1. The van der Waals surface area contributed by atoms with E-state index in [1.165, 1.54) is 35.6 Å². The van der Waals surface area contributed by atoms with E-state index in [2.05, 4.69) is 17.1 Å². The SMILES string of the molecule is CCN1CCc2c(sc(NC(=O)c3ccc(S(=O)(=O)N4CCCC[C@H]4C)cc3)c2C(N)=O)C1. The molecule has 8 nitrogen and oxygen atoms in total. The number of amides is 2. The maximum Gasteiger partial charge on any atom is 0.256 e. The van der Waals surface area contributed by atoms with Crippen molar-refractivity contribution in [1.82, 2.24) is 9.21 Å². The van der Waals surface area contributed by atoms with Crippen molar-refractivity contribution < 1.29 is 18.0 Å². The number of hydrogen-bond acceptors (Lipinski definition) is 6. The number of nitrogens with two attached hydrogens (primary N) is 1. The molecule has 0 aliphatic carbocycles. The van der Waals surface area contributed by atoms with Gasteiger partial charge >= 0.3 is 0 Å². The molecule has 0 bridgehead atoms. The highest BCUT2D eigenvalue weighted by Gasteiger charge is 2.31. The molecular weight excluding hydrogens is 460 g/mol. The fraction of sp³-hybridized carbons (Fsp3) is 0.478. The Labute approximate surface area is 198 Å². The number of likely N-dealkylation sites (N-methyl/N-ethyl adjacent to an activating group) is 1. The number of nitrogens with zero attached hydrogens (tertiary/aromatic N) is 2. The number of nitrogens with one attached hydrogen (secondary N) is 1. The molecule has 1 atom stereocenters. The van der Waals surface area contributed by atoms with Gasteiger partial charge in [-0.25, -0.2) is 8.42 Å². The molecule has 1 aromatic carbocycles. The molecule has 0 saturated carbocycles. The molecule has 33 heavy (non-hydrogen) atoms. The van der Waals surface area contributed by atoms with Crippen LogP contribution in [-0.2, 0) is 23.0 Å². The van der Waals surface area contributed by atoms with Crippen LogP contribution in [0.3, 0.4) is 0 Å². The van der Waals surface area contributed by atoms with Crippen LogP contribution in [0.15, 0.2) is 29.2 Å². The molecule has 2 aliphatic heterocycles. The smallest absolute Gasteiger partial charge is 0.256 e. The maximum atomic E-state index is 13.0. The third kappa shape index (κ3) is 4.70. The van der Waals surface area contributed by atoms with Gasteiger partial charge in [-0.1, -0.05) is 13.3 Å². The highest BCUT2D eigenvalue weighted by molar-refractivity contribution is 7.89. The largest absolute Gasteiger partial charge is 0.365 e. The first-order chi connectivity index (χ1) is 15.7. The zero-order valence-corrected chi connectivity index (χ0v) is 20.6. The molecule has 1 saturated heterocycles. The Morgan fingerprint density at radius 2 is 1.91 bits per heavy atom. The minimum absolute atomic E-state index is 0.0348. The average Bonchev–Trinajstić information content (AvgIpc) is 3.16. The number of piperidine rings is 1. The lowest BCUT2D eigenvalue weighted by molar-refractivity contribution is 0.1000. The Hall–Kier alpha value is -2.27. The monoisotopic (exact) mass is 490 g/mol. The first-order valence-electron chi connectivity index (χ1n) is 11.3. The minimum atomic E-state index is -3.60. The van der Waals surface area contributed by atoms with E-state index in [-0.39, 0.29) is 10.9 Å². The van der Waals surface area contributed by atoms with Crippen molar-refractivity contribution in [3.63, 3.8) is 0 Å². The van der Waals surface area contributed by atoms with Gasteiger partial charge in [-0.2, -0.15) is 4.31 Å². The fourth-order valence-corrected chi connectivity index (χ4v) is 7.58. The maximum absolute atomic E-state index is 13.0. The Morgan fingerprint density at radius 3 is 2.55 bits per heavy atom. The van der Waals surface area contributed by atoms with Crippen molar-refractivity contribution in [1.29, 1.82) is 0 Å². The molecule has 4 rings (SSSR count). The first kappa shape index (κ1) is 23.9. The lowest BCUT2D eigenvalue weighted by Gasteiger charge is -2.32. The molecule has 3 N–H and O–H groups in total. The summed E-state index contributed by atoms with van der Waals surface area (Å²) < 4.78 is 27.6. The average molecular weight is 491 g/mol. The summed E-state index contributed by atoms with van der Waals surface area (Å²) in [4.78, 5) is 28.6. The van der Waals surface area contributed by atoms with Crippen LogP contribution >= 0.6 is 11.3 Å². The Kier molecular flexibility index (Phi) is 6.90. The number of anilines is 1. The molecule has 0 radical (unpaired) electrons. The molecule has 0 unspecified atom stereocenters. The number of fused-ring (bicyclic) bond motifs is 1. The predicted octanol–water partition coefficient (Wildman–Crippen LogP) is 3.04. The summed E-state index contributed by atoms with van der Waals surface area (Å²) in [5.74, 6) is -0.955. The Balaban J connectivity index is 1.54. The van der Waals surface area contributed by atoms with Gasteiger partial charge < -0.3 is 11.1 Å². The van der Waals surface area contributed by atoms with Crippen LogP contribution in [-0.4, -0.2) is 55.1 Å². The van der Waals surface area contributed by atoms with Crippen LogP contribution in [0, 0.1) is 0 Å². The third-order valence-electron chi connectivity index (χ3n) is 6.52. The lowest BCUT2D eigenvalue weighted by Crippen LogP contribution is -2.41. The number of thiophene rings is 1. The molecule has 2 aliphatic rings. The van der Waals surface area contributed by atoms with E-state index in [1.807, 2.05) is 6.92 Å². The summed E-state index contributed by atoms with van der Waals surface area (Å²) in [6.07, 6.45) is 3.45. The molecule has 0 spiro atoms. The number of primary amides is 1. The number of carbonyl (C=O) groups excluding carboxylic acids is 2. The van der Waals surface area contributed by atoms with Gasteiger partial charge in [0.1, 0.15) is 5.00 Å². The van der Waals surface area contributed by atoms with Crippen molar-refractivity contribution in [3.05, 3.63) is 45.8 Å². The Morgan fingerprint density at radius 1 is 1.18 bits per heavy atom. The standard InChI is InChI=1S/C23H30N4O4S2/c1-3-26-13-11-18-19(14-26)32-23(20(18)21(24)28)25-22(29)16-7-9-17(10-8-16)33(30,31)27-12-5-4-6-15(27)2/h7-10,15H,3-6,11-14H2,1-2H3,(H2,24,28)(H,25,29)/t15-/m1/s1. The minimum Gasteiger partial charge on any atom is -0.365 e. The molecule has 178 valence electrons. The van der Waals surface area contributed by atoms with Crippen molar-refractivity contribution in [2.75, 3.05) is 25.0 Å². The van der Waals surface area contributed by atoms with Crippen LogP contribution in [0.4, 0.5) is 5.00 Å². The molecule has 2 amide bonds. The van der Waals surface area contributed by atoms with Crippen LogP contribution in [0.2, 0.25) is 0 Å². The summed E-state index contributed by atoms with van der Waals surface area (Å²) in [5, 5.41) is 3.28. The van der Waals surface area contributed by atoms with Crippen molar-refractivity contribution in [2.24, 2.45) is 5.73 Å². The van der Waals surface area contributed by atoms with Crippen LogP contribution in [0.5, 0.6) is 0 Å². The van der Waals surface area contributed by atoms with Gasteiger partial charge in [0.15, 0.2) is 0 Å². The summed E-state index contributed by atoms with van der Waals surface area (Å²) in [7, 11) is -3.60. The second-order valence-corrected chi connectivity index (χ2v) is 11.6. The molecule has 1 fully saturated rings. The van der Waals surface area contributed by atoms with Gasteiger partial charge in [0.05, 0.1) is 10.5 Å². The van der Waals surface area contributed by atoms with E-state index in [1.54, 1.807) is 4.31 Å².